The molecule has 5 nitrogen and oxygen atoms in total. The third kappa shape index (κ3) is 3.09. The van der Waals surface area contributed by atoms with Crippen molar-refractivity contribution in [3.05, 3.63) is 47.6 Å². The molecule has 2 aromatic heterocycles. The van der Waals surface area contributed by atoms with Crippen LogP contribution in [0.1, 0.15) is 13.3 Å². The normalized spacial score (nSPS) is 10.6. The van der Waals surface area contributed by atoms with Gasteiger partial charge < -0.3 is 9.84 Å². The van der Waals surface area contributed by atoms with Crippen LogP contribution in [0, 0.1) is 0 Å². The Bertz CT molecular complexity index is 755. The van der Waals surface area contributed by atoms with Crippen LogP contribution in [-0.4, -0.2) is 21.7 Å². The van der Waals surface area contributed by atoms with Crippen LogP contribution in [0.15, 0.2) is 47.1 Å². The van der Waals surface area contributed by atoms with Gasteiger partial charge in [-0.15, -0.1) is 0 Å². The zero-order valence-electron chi connectivity index (χ0n) is 12.1. The minimum Gasteiger partial charge on any atom is -0.369 e. The molecule has 3 rings (SSSR count). The van der Waals surface area contributed by atoms with E-state index in [0.29, 0.717) is 16.7 Å². The first-order chi connectivity index (χ1) is 10.8. The molecule has 0 aliphatic rings. The molecule has 0 saturated carbocycles. The molecule has 0 atom stereocenters. The fourth-order valence-electron chi connectivity index (χ4n) is 2.01. The van der Waals surface area contributed by atoms with Crippen molar-refractivity contribution in [2.75, 3.05) is 11.9 Å². The van der Waals surface area contributed by atoms with Crippen molar-refractivity contribution in [3.8, 4) is 22.8 Å². The Morgan fingerprint density at radius 1 is 1.18 bits per heavy atom. The highest BCUT2D eigenvalue weighted by atomic mass is 35.5. The highest BCUT2D eigenvalue weighted by molar-refractivity contribution is 6.30. The van der Waals surface area contributed by atoms with Crippen molar-refractivity contribution in [3.63, 3.8) is 0 Å². The van der Waals surface area contributed by atoms with Crippen LogP contribution < -0.4 is 5.32 Å². The van der Waals surface area contributed by atoms with Gasteiger partial charge in [0.15, 0.2) is 0 Å². The van der Waals surface area contributed by atoms with Crippen molar-refractivity contribution in [2.24, 2.45) is 0 Å². The van der Waals surface area contributed by atoms with E-state index in [1.807, 2.05) is 24.3 Å². The Labute approximate surface area is 133 Å². The van der Waals surface area contributed by atoms with Crippen molar-refractivity contribution in [1.29, 1.82) is 0 Å². The summed E-state index contributed by atoms with van der Waals surface area (Å²) in [6, 6.07) is 11.1. The number of benzene rings is 1. The van der Waals surface area contributed by atoms with Gasteiger partial charge in [0.05, 0.1) is 5.56 Å². The van der Waals surface area contributed by atoms with Crippen LogP contribution in [0.5, 0.6) is 0 Å². The predicted octanol–water partition coefficient (Wildman–Crippen LogP) is 4.27. The van der Waals surface area contributed by atoms with Gasteiger partial charge in [-0.2, -0.15) is 4.98 Å². The molecule has 0 radical (unpaired) electrons. The maximum absolute atomic E-state index is 5.89. The van der Waals surface area contributed by atoms with E-state index < -0.39 is 0 Å². The third-order valence-electron chi connectivity index (χ3n) is 3.11. The van der Waals surface area contributed by atoms with E-state index in [-0.39, 0.29) is 0 Å². The number of pyridine rings is 1. The lowest BCUT2D eigenvalue weighted by Crippen LogP contribution is -2.03. The second-order valence-electron chi connectivity index (χ2n) is 4.76. The van der Waals surface area contributed by atoms with Crippen molar-refractivity contribution in [1.82, 2.24) is 15.1 Å². The van der Waals surface area contributed by atoms with Gasteiger partial charge in [-0.05, 0) is 42.8 Å². The summed E-state index contributed by atoms with van der Waals surface area (Å²) in [4.78, 5) is 8.78. The molecule has 0 aliphatic carbocycles. The number of rotatable bonds is 5. The largest absolute Gasteiger partial charge is 0.369 e. The lowest BCUT2D eigenvalue weighted by molar-refractivity contribution is 0.432. The maximum atomic E-state index is 5.89. The van der Waals surface area contributed by atoms with Gasteiger partial charge >= 0.3 is 0 Å². The van der Waals surface area contributed by atoms with Crippen LogP contribution in [0.4, 0.5) is 5.82 Å². The zero-order chi connectivity index (χ0) is 15.4. The molecule has 112 valence electrons. The van der Waals surface area contributed by atoms with Crippen LogP contribution >= 0.6 is 11.6 Å². The maximum Gasteiger partial charge on any atom is 0.261 e. The molecule has 0 unspecified atom stereocenters. The fraction of sp³-hybridized carbons (Fsp3) is 0.188. The molecule has 0 saturated heterocycles. The average molecular weight is 315 g/mol. The fourth-order valence-corrected chi connectivity index (χ4v) is 2.14. The van der Waals surface area contributed by atoms with Gasteiger partial charge in [-0.3, -0.25) is 0 Å². The average Bonchev–Trinajstić information content (AvgIpc) is 3.03. The topological polar surface area (TPSA) is 63.8 Å². The summed E-state index contributed by atoms with van der Waals surface area (Å²) < 4.78 is 5.38. The number of hydrogen-bond acceptors (Lipinski definition) is 5. The standard InChI is InChI=1S/C16H15ClN4O/c1-2-9-18-15-13(4-3-10-19-15)16-20-14(21-22-16)11-5-7-12(17)8-6-11/h3-8,10H,2,9H2,1H3,(H,18,19). The lowest BCUT2D eigenvalue weighted by atomic mass is 10.2. The summed E-state index contributed by atoms with van der Waals surface area (Å²) in [5.74, 6) is 1.71. The summed E-state index contributed by atoms with van der Waals surface area (Å²) in [5.41, 5.74) is 1.65. The number of nitrogens with one attached hydrogen (secondary N) is 1. The number of halogens is 1. The van der Waals surface area contributed by atoms with E-state index in [1.54, 1.807) is 18.3 Å². The predicted molar refractivity (Wildman–Crippen MR) is 86.8 cm³/mol. The minimum absolute atomic E-state index is 0.441. The smallest absolute Gasteiger partial charge is 0.261 e. The van der Waals surface area contributed by atoms with Gasteiger partial charge in [-0.1, -0.05) is 23.7 Å². The second-order valence-corrected chi connectivity index (χ2v) is 5.19. The zero-order valence-corrected chi connectivity index (χ0v) is 12.8. The molecule has 3 aromatic rings. The van der Waals surface area contributed by atoms with Crippen molar-refractivity contribution in [2.45, 2.75) is 13.3 Å². The molecule has 0 spiro atoms. The summed E-state index contributed by atoms with van der Waals surface area (Å²) in [6.07, 6.45) is 2.74. The van der Waals surface area contributed by atoms with E-state index in [2.05, 4.69) is 27.4 Å². The van der Waals surface area contributed by atoms with E-state index >= 15 is 0 Å². The molecule has 1 N–H and O–H groups in total. The van der Waals surface area contributed by atoms with Gasteiger partial charge in [0.1, 0.15) is 5.82 Å². The van der Waals surface area contributed by atoms with Crippen molar-refractivity contribution < 1.29 is 4.52 Å². The van der Waals surface area contributed by atoms with E-state index in [1.165, 1.54) is 0 Å². The molecule has 0 fully saturated rings. The molecular formula is C16H15ClN4O. The quantitative estimate of drug-likeness (QED) is 0.761. The first-order valence-electron chi connectivity index (χ1n) is 7.07. The van der Waals surface area contributed by atoms with Gasteiger partial charge in [-0.25, -0.2) is 4.98 Å². The summed E-state index contributed by atoms with van der Waals surface area (Å²) in [6.45, 7) is 2.93. The Morgan fingerprint density at radius 3 is 2.77 bits per heavy atom. The number of aromatic nitrogens is 3. The van der Waals surface area contributed by atoms with E-state index in [9.17, 15) is 0 Å². The molecule has 22 heavy (non-hydrogen) atoms. The van der Waals surface area contributed by atoms with Gasteiger partial charge in [0.25, 0.3) is 5.89 Å². The number of anilines is 1. The van der Waals surface area contributed by atoms with Crippen LogP contribution in [0.2, 0.25) is 5.02 Å². The minimum atomic E-state index is 0.441. The SMILES string of the molecule is CCCNc1ncccc1-c1nc(-c2ccc(Cl)cc2)no1. The van der Waals surface area contributed by atoms with Gasteiger partial charge in [0, 0.05) is 23.3 Å². The first kappa shape index (κ1) is 14.5. The molecule has 1 aromatic carbocycles. The molecule has 0 bridgehead atoms. The molecular weight excluding hydrogens is 300 g/mol. The Hall–Kier alpha value is -2.40. The number of hydrogen-bond donors (Lipinski definition) is 1. The molecule has 6 heteroatoms. The van der Waals surface area contributed by atoms with E-state index in [4.69, 9.17) is 16.1 Å². The van der Waals surface area contributed by atoms with Crippen LogP contribution in [-0.2, 0) is 0 Å². The second kappa shape index (κ2) is 6.58. The highest BCUT2D eigenvalue weighted by Gasteiger charge is 2.14. The van der Waals surface area contributed by atoms with E-state index in [0.717, 1.165) is 29.9 Å². The lowest BCUT2D eigenvalue weighted by Gasteiger charge is -2.06. The summed E-state index contributed by atoms with van der Waals surface area (Å²) in [5, 5.41) is 7.96. The Balaban J connectivity index is 1.92. The highest BCUT2D eigenvalue weighted by Crippen LogP contribution is 2.27. The van der Waals surface area contributed by atoms with Gasteiger partial charge in [0.2, 0.25) is 5.82 Å². The first-order valence-corrected chi connectivity index (χ1v) is 7.44. The Kier molecular flexibility index (Phi) is 4.34. The van der Waals surface area contributed by atoms with Crippen molar-refractivity contribution >= 4 is 17.4 Å². The Morgan fingerprint density at radius 2 is 2.00 bits per heavy atom. The number of nitrogens with zero attached hydrogens (tertiary/aromatic N) is 3. The summed E-state index contributed by atoms with van der Waals surface area (Å²) >= 11 is 5.89. The monoisotopic (exact) mass is 314 g/mol. The summed E-state index contributed by atoms with van der Waals surface area (Å²) in [7, 11) is 0. The molecule has 2 heterocycles. The third-order valence-corrected chi connectivity index (χ3v) is 3.36. The molecule has 0 aliphatic heterocycles. The van der Waals surface area contributed by atoms with Crippen LogP contribution in [0.25, 0.3) is 22.8 Å². The van der Waals surface area contributed by atoms with Crippen LogP contribution in [0.3, 0.4) is 0 Å². The molecule has 0 amide bonds.